The van der Waals surface area contributed by atoms with E-state index in [0.717, 1.165) is 6.26 Å². The average Bonchev–Trinajstić information content (AvgIpc) is 0.918. The fourth-order valence-corrected chi connectivity index (χ4v) is 0. The molecule has 2 nitrogen and oxygen atoms in total. The van der Waals surface area contributed by atoms with Gasteiger partial charge in [0.2, 0.25) is 0 Å². The largest absolute Gasteiger partial charge is 2.00 e. The summed E-state index contributed by atoms with van der Waals surface area (Å²) >= 11 is 0. The van der Waals surface area contributed by atoms with E-state index in [1.165, 1.54) is 0 Å². The van der Waals surface area contributed by atoms with Gasteiger partial charge in [-0.2, -0.15) is 5.26 Å². The minimum atomic E-state index is 0. The van der Waals surface area contributed by atoms with Crippen molar-refractivity contribution in [2.45, 2.75) is 0 Å². The molecular weight excluding hydrogens is 94.0 g/mol. The van der Waals surface area contributed by atoms with Gasteiger partial charge in [-0.25, -0.2) is 0 Å². The fraction of sp³-hybridized carbons (Fsp3) is 0. The van der Waals surface area contributed by atoms with Crippen LogP contribution in [0, 0.1) is 11.5 Å². The summed E-state index contributed by atoms with van der Waals surface area (Å²) in [5, 5.41) is 13.8. The van der Waals surface area contributed by atoms with Crippen LogP contribution in [0.4, 0.5) is 0 Å². The first-order chi connectivity index (χ1) is 1.41. The van der Waals surface area contributed by atoms with Gasteiger partial charge < -0.3 is 5.11 Å². The van der Waals surface area contributed by atoms with Crippen molar-refractivity contribution >= 4 is 0 Å². The Labute approximate surface area is 34.8 Å². The fourth-order valence-electron chi connectivity index (χ4n) is 0. The minimum absolute atomic E-state index is 0. The molecule has 0 bridgehead atoms. The Morgan fingerprint density at radius 1 is 1.75 bits per heavy atom. The van der Waals surface area contributed by atoms with Crippen LogP contribution in [0.2, 0.25) is 0 Å². The van der Waals surface area contributed by atoms with Crippen LogP contribution in [0.5, 0.6) is 0 Å². The quantitative estimate of drug-likeness (QED) is 0.425. The number of hydrogen-bond acceptors (Lipinski definition) is 2. The Morgan fingerprint density at radius 2 is 1.75 bits per heavy atom. The van der Waals surface area contributed by atoms with Crippen LogP contribution < -0.4 is 0 Å². The summed E-state index contributed by atoms with van der Waals surface area (Å²) in [7, 11) is 0. The Kier molecular flexibility index (Phi) is 31.8. The van der Waals surface area contributed by atoms with Gasteiger partial charge in [0.15, 0.2) is 0 Å². The van der Waals surface area contributed by atoms with Crippen molar-refractivity contribution in [3.8, 4) is 6.26 Å². The molecule has 0 unspecified atom stereocenters. The molecule has 3 heteroatoms. The number of rotatable bonds is 0. The molecule has 0 saturated carbocycles. The van der Waals surface area contributed by atoms with Gasteiger partial charge in [0, 0.05) is 0 Å². The van der Waals surface area contributed by atoms with Gasteiger partial charge in [-0.15, -0.1) is 0 Å². The van der Waals surface area contributed by atoms with E-state index in [0.29, 0.717) is 0 Å². The summed E-state index contributed by atoms with van der Waals surface area (Å²) < 4.78 is 0. The Balaban J connectivity index is 0. The predicted molar refractivity (Wildman–Crippen MR) is 7.55 cm³/mol. The zero-order valence-electron chi connectivity index (χ0n) is 1.80. The van der Waals surface area contributed by atoms with E-state index in [1.807, 2.05) is 0 Å². The van der Waals surface area contributed by atoms with Crippen LogP contribution in [-0.2, 0) is 17.4 Å². The molecule has 0 atom stereocenters. The zero-order valence-corrected chi connectivity index (χ0v) is 3.08. The standard InChI is InChI=1S/CHNO.Cr/c2-1-3;/h3H;/q;+2. The summed E-state index contributed by atoms with van der Waals surface area (Å²) in [6, 6.07) is 0. The Hall–Kier alpha value is -0.178. The van der Waals surface area contributed by atoms with Gasteiger partial charge in [0.1, 0.15) is 0 Å². The van der Waals surface area contributed by atoms with Crippen molar-refractivity contribution in [2.75, 3.05) is 0 Å². The summed E-state index contributed by atoms with van der Waals surface area (Å²) in [4.78, 5) is 0. The summed E-state index contributed by atoms with van der Waals surface area (Å²) in [5.74, 6) is 0. The van der Waals surface area contributed by atoms with Gasteiger partial charge in [0.05, 0.1) is 0 Å². The number of nitriles is 1. The van der Waals surface area contributed by atoms with Crippen molar-refractivity contribution in [1.29, 1.82) is 5.26 Å². The molecule has 0 radical (unpaired) electrons. The first-order valence-corrected chi connectivity index (χ1v) is 0.447. The van der Waals surface area contributed by atoms with Crippen molar-refractivity contribution in [1.82, 2.24) is 0 Å². The van der Waals surface area contributed by atoms with Crippen molar-refractivity contribution in [3.05, 3.63) is 0 Å². The van der Waals surface area contributed by atoms with Crippen LogP contribution in [0.25, 0.3) is 0 Å². The topological polar surface area (TPSA) is 44.0 Å². The third-order valence-corrected chi connectivity index (χ3v) is 0. The molecule has 0 aliphatic carbocycles. The van der Waals surface area contributed by atoms with Gasteiger partial charge in [0.25, 0.3) is 6.26 Å². The first-order valence-electron chi connectivity index (χ1n) is 0.447. The third-order valence-electron chi connectivity index (χ3n) is 0. The van der Waals surface area contributed by atoms with Crippen LogP contribution >= 0.6 is 0 Å². The number of aliphatic hydroxyl groups excluding tert-OH is 1. The van der Waals surface area contributed by atoms with Gasteiger partial charge >= 0.3 is 17.4 Å². The van der Waals surface area contributed by atoms with Crippen molar-refractivity contribution in [2.24, 2.45) is 0 Å². The van der Waals surface area contributed by atoms with E-state index in [4.69, 9.17) is 10.4 Å². The molecule has 0 amide bonds. The molecule has 0 aromatic carbocycles. The molecule has 20 valence electrons. The number of hydrogen-bond donors (Lipinski definition) is 1. The van der Waals surface area contributed by atoms with E-state index >= 15 is 0 Å². The van der Waals surface area contributed by atoms with E-state index in [1.54, 1.807) is 0 Å². The second-order valence-corrected chi connectivity index (χ2v) is 0.100. The molecule has 4 heavy (non-hydrogen) atoms. The van der Waals surface area contributed by atoms with Gasteiger partial charge in [-0.05, 0) is 0 Å². The van der Waals surface area contributed by atoms with Crippen LogP contribution in [0.1, 0.15) is 0 Å². The average molecular weight is 95.0 g/mol. The smallest absolute Gasteiger partial charge is 0.443 e. The van der Waals surface area contributed by atoms with Gasteiger partial charge in [-0.1, -0.05) is 0 Å². The summed E-state index contributed by atoms with van der Waals surface area (Å²) in [6.45, 7) is 0. The van der Waals surface area contributed by atoms with Gasteiger partial charge in [-0.3, -0.25) is 0 Å². The van der Waals surface area contributed by atoms with E-state index in [-0.39, 0.29) is 17.4 Å². The minimum Gasteiger partial charge on any atom is -0.443 e. The molecule has 0 rings (SSSR count). The van der Waals surface area contributed by atoms with E-state index in [9.17, 15) is 0 Å². The van der Waals surface area contributed by atoms with Crippen molar-refractivity contribution < 1.29 is 22.5 Å². The van der Waals surface area contributed by atoms with Crippen LogP contribution in [0.15, 0.2) is 0 Å². The zero-order chi connectivity index (χ0) is 2.71. The normalized spacial score (nSPS) is 1.75. The molecule has 0 aliphatic rings. The van der Waals surface area contributed by atoms with Crippen LogP contribution in [-0.4, -0.2) is 5.11 Å². The van der Waals surface area contributed by atoms with E-state index in [2.05, 4.69) is 0 Å². The number of aliphatic hydroxyl groups is 1. The monoisotopic (exact) mass is 94.9 g/mol. The third kappa shape index (κ3) is 39.1. The molecule has 0 aliphatic heterocycles. The van der Waals surface area contributed by atoms with Crippen molar-refractivity contribution in [3.63, 3.8) is 0 Å². The molecule has 0 fully saturated rings. The summed E-state index contributed by atoms with van der Waals surface area (Å²) in [6.07, 6.45) is 0.750. The molecule has 1 N–H and O–H groups in total. The SMILES string of the molecule is N#CO.[Cr+2]. The first kappa shape index (κ1) is 9.17. The maximum absolute atomic E-state index is 6.88. The molecule has 0 aromatic heterocycles. The molecular formula is CHCrNO+2. The maximum Gasteiger partial charge on any atom is 2.00 e. The summed E-state index contributed by atoms with van der Waals surface area (Å²) in [5.41, 5.74) is 0. The molecule has 0 aromatic rings. The Morgan fingerprint density at radius 3 is 1.75 bits per heavy atom. The Bertz CT molecular complexity index is 29.5. The second-order valence-electron chi connectivity index (χ2n) is 0.100. The second kappa shape index (κ2) is 13.9. The maximum atomic E-state index is 6.88. The molecule has 0 heterocycles. The van der Waals surface area contributed by atoms with Crippen LogP contribution in [0.3, 0.4) is 0 Å². The number of nitrogens with zero attached hydrogens (tertiary/aromatic N) is 1. The molecule has 0 saturated heterocycles. The predicted octanol–water partition coefficient (Wildman–Crippen LogP) is -0.163. The molecule has 0 spiro atoms. The van der Waals surface area contributed by atoms with E-state index < -0.39 is 0 Å².